The minimum Gasteiger partial charge on any atom is -0.481 e. The van der Waals surface area contributed by atoms with Crippen molar-refractivity contribution < 1.29 is 14.7 Å². The Hall–Kier alpha value is -2.14. The Morgan fingerprint density at radius 1 is 1.29 bits per heavy atom. The Balaban J connectivity index is 1.84. The molecule has 0 saturated carbocycles. The van der Waals surface area contributed by atoms with Crippen LogP contribution in [0.5, 0.6) is 0 Å². The van der Waals surface area contributed by atoms with Crippen LogP contribution in [0.3, 0.4) is 0 Å². The summed E-state index contributed by atoms with van der Waals surface area (Å²) in [5.41, 5.74) is 0.503. The van der Waals surface area contributed by atoms with Crippen LogP contribution in [0.2, 0.25) is 5.15 Å². The van der Waals surface area contributed by atoms with Gasteiger partial charge in [0.15, 0.2) is 0 Å². The van der Waals surface area contributed by atoms with E-state index in [1.165, 1.54) is 6.20 Å². The van der Waals surface area contributed by atoms with Gasteiger partial charge < -0.3 is 10.0 Å². The number of aromatic nitrogens is 1. The molecule has 1 aromatic carbocycles. The number of fused-ring (bicyclic) bond motifs is 1. The minimum absolute atomic E-state index is 0.0398. The highest BCUT2D eigenvalue weighted by Gasteiger charge is 2.33. The summed E-state index contributed by atoms with van der Waals surface area (Å²) in [7, 11) is 0. The van der Waals surface area contributed by atoms with E-state index < -0.39 is 5.97 Å². The van der Waals surface area contributed by atoms with Crippen molar-refractivity contribution in [2.75, 3.05) is 13.1 Å². The van der Waals surface area contributed by atoms with E-state index >= 15 is 0 Å². The van der Waals surface area contributed by atoms with Gasteiger partial charge in [0.2, 0.25) is 0 Å². The van der Waals surface area contributed by atoms with E-state index in [2.05, 4.69) is 4.98 Å². The molecule has 0 atom stereocenters. The molecule has 0 aliphatic carbocycles. The van der Waals surface area contributed by atoms with Crippen molar-refractivity contribution in [3.63, 3.8) is 0 Å². The van der Waals surface area contributed by atoms with Gasteiger partial charge in [0.05, 0.1) is 12.0 Å². The maximum atomic E-state index is 12.5. The van der Waals surface area contributed by atoms with Crippen LogP contribution < -0.4 is 0 Å². The number of pyridine rings is 1. The predicted octanol–water partition coefficient (Wildman–Crippen LogP) is 2.43. The molecule has 3 rings (SSSR count). The maximum Gasteiger partial charge on any atom is 0.303 e. The number of nitrogens with zero attached hydrogens (tertiary/aromatic N) is 2. The first-order valence-electron chi connectivity index (χ1n) is 6.60. The van der Waals surface area contributed by atoms with Crippen molar-refractivity contribution in [1.82, 2.24) is 9.88 Å². The van der Waals surface area contributed by atoms with Gasteiger partial charge in [-0.15, -0.1) is 0 Å². The molecule has 108 valence electrons. The molecule has 0 bridgehead atoms. The summed E-state index contributed by atoms with van der Waals surface area (Å²) in [6, 6.07) is 7.35. The second-order valence-electron chi connectivity index (χ2n) is 5.18. The first-order valence-corrected chi connectivity index (χ1v) is 6.98. The van der Waals surface area contributed by atoms with Crippen molar-refractivity contribution in [1.29, 1.82) is 0 Å². The van der Waals surface area contributed by atoms with Crippen molar-refractivity contribution in [3.05, 3.63) is 41.2 Å². The summed E-state index contributed by atoms with van der Waals surface area (Å²) >= 11 is 6.04. The lowest BCUT2D eigenvalue weighted by atomic mass is 9.95. The van der Waals surface area contributed by atoms with E-state index in [1.54, 1.807) is 4.90 Å². The Morgan fingerprint density at radius 2 is 1.95 bits per heavy atom. The summed E-state index contributed by atoms with van der Waals surface area (Å²) in [5.74, 6) is -0.916. The second kappa shape index (κ2) is 5.33. The van der Waals surface area contributed by atoms with E-state index in [1.807, 2.05) is 24.3 Å². The third-order valence-corrected chi connectivity index (χ3v) is 3.99. The molecule has 1 aromatic heterocycles. The number of benzene rings is 1. The summed E-state index contributed by atoms with van der Waals surface area (Å²) in [6.07, 6.45) is 1.58. The summed E-state index contributed by atoms with van der Waals surface area (Å²) < 4.78 is 0. The molecule has 21 heavy (non-hydrogen) atoms. The van der Waals surface area contributed by atoms with Crippen LogP contribution in [0.15, 0.2) is 30.5 Å². The quantitative estimate of drug-likeness (QED) is 0.884. The Kier molecular flexibility index (Phi) is 3.51. The number of rotatable bonds is 3. The smallest absolute Gasteiger partial charge is 0.303 e. The third-order valence-electron chi connectivity index (χ3n) is 3.68. The third kappa shape index (κ3) is 2.56. The van der Waals surface area contributed by atoms with Crippen molar-refractivity contribution in [3.8, 4) is 0 Å². The number of amides is 1. The average molecular weight is 305 g/mol. The second-order valence-corrected chi connectivity index (χ2v) is 5.54. The average Bonchev–Trinajstić information content (AvgIpc) is 2.42. The largest absolute Gasteiger partial charge is 0.481 e. The molecule has 0 radical (unpaired) electrons. The molecule has 2 heterocycles. The molecule has 6 heteroatoms. The Bertz CT molecular complexity index is 726. The van der Waals surface area contributed by atoms with Gasteiger partial charge in [-0.3, -0.25) is 9.59 Å². The Labute approximate surface area is 126 Å². The molecular weight excluding hydrogens is 292 g/mol. The lowest BCUT2D eigenvalue weighted by Gasteiger charge is -2.38. The van der Waals surface area contributed by atoms with Gasteiger partial charge in [0, 0.05) is 30.6 Å². The van der Waals surface area contributed by atoms with Gasteiger partial charge in [0.1, 0.15) is 5.15 Å². The number of carboxylic acid groups (broad SMARTS) is 1. The van der Waals surface area contributed by atoms with Gasteiger partial charge in [0.25, 0.3) is 5.91 Å². The van der Waals surface area contributed by atoms with E-state index in [4.69, 9.17) is 16.7 Å². The minimum atomic E-state index is -0.828. The monoisotopic (exact) mass is 304 g/mol. The zero-order chi connectivity index (χ0) is 15.0. The van der Waals surface area contributed by atoms with Gasteiger partial charge >= 0.3 is 5.97 Å². The highest BCUT2D eigenvalue weighted by atomic mass is 35.5. The molecule has 2 aromatic rings. The number of aliphatic carboxylic acids is 1. The van der Waals surface area contributed by atoms with Crippen LogP contribution in [0.1, 0.15) is 16.8 Å². The molecule has 0 unspecified atom stereocenters. The zero-order valence-electron chi connectivity index (χ0n) is 11.1. The SMILES string of the molecule is O=C(O)CC1CN(C(=O)c2cnc(Cl)c3ccccc23)C1. The molecule has 1 amide bonds. The van der Waals surface area contributed by atoms with Crippen molar-refractivity contribution >= 4 is 34.2 Å². The number of carbonyl (C=O) groups excluding carboxylic acids is 1. The number of hydrogen-bond acceptors (Lipinski definition) is 3. The van der Waals surface area contributed by atoms with E-state index in [0.29, 0.717) is 23.8 Å². The molecule has 1 aliphatic rings. The fourth-order valence-corrected chi connectivity index (χ4v) is 2.82. The van der Waals surface area contributed by atoms with E-state index in [0.717, 1.165) is 10.8 Å². The fourth-order valence-electron chi connectivity index (χ4n) is 2.61. The number of likely N-dealkylation sites (tertiary alicyclic amines) is 1. The number of halogens is 1. The first kappa shape index (κ1) is 13.8. The van der Waals surface area contributed by atoms with Gasteiger partial charge in [-0.05, 0) is 5.39 Å². The fraction of sp³-hybridized carbons (Fsp3) is 0.267. The summed E-state index contributed by atoms with van der Waals surface area (Å²) in [6.45, 7) is 0.949. The number of hydrogen-bond donors (Lipinski definition) is 1. The zero-order valence-corrected chi connectivity index (χ0v) is 11.9. The van der Waals surface area contributed by atoms with Crippen LogP contribution in [-0.4, -0.2) is 40.0 Å². The van der Waals surface area contributed by atoms with Crippen LogP contribution >= 0.6 is 11.6 Å². The van der Waals surface area contributed by atoms with Gasteiger partial charge in [-0.1, -0.05) is 35.9 Å². The summed E-state index contributed by atoms with van der Waals surface area (Å²) in [4.78, 5) is 28.8. The Morgan fingerprint density at radius 3 is 2.62 bits per heavy atom. The molecule has 1 fully saturated rings. The lowest BCUT2D eigenvalue weighted by Crippen LogP contribution is -2.50. The van der Waals surface area contributed by atoms with Crippen LogP contribution in [0.25, 0.3) is 10.8 Å². The number of carboxylic acids is 1. The molecular formula is C15H13ClN2O3. The van der Waals surface area contributed by atoms with Gasteiger partial charge in [-0.2, -0.15) is 0 Å². The normalized spacial score (nSPS) is 15.0. The first-order chi connectivity index (χ1) is 10.1. The highest BCUT2D eigenvalue weighted by Crippen LogP contribution is 2.27. The van der Waals surface area contributed by atoms with Crippen LogP contribution in [-0.2, 0) is 4.79 Å². The topological polar surface area (TPSA) is 70.5 Å². The molecule has 5 nitrogen and oxygen atoms in total. The maximum absolute atomic E-state index is 12.5. The van der Waals surface area contributed by atoms with E-state index in [9.17, 15) is 9.59 Å². The standard InChI is InChI=1S/C15H13ClN2O3/c16-14-11-4-2-1-3-10(11)12(6-17-14)15(21)18-7-9(8-18)5-13(19)20/h1-4,6,9H,5,7-8H2,(H,19,20). The van der Waals surface area contributed by atoms with Crippen molar-refractivity contribution in [2.45, 2.75) is 6.42 Å². The highest BCUT2D eigenvalue weighted by molar-refractivity contribution is 6.34. The number of carbonyl (C=O) groups is 2. The van der Waals surface area contributed by atoms with Crippen LogP contribution in [0, 0.1) is 5.92 Å². The molecule has 1 aliphatic heterocycles. The summed E-state index contributed by atoms with van der Waals surface area (Å²) in [5, 5.41) is 10.6. The molecule has 1 saturated heterocycles. The van der Waals surface area contributed by atoms with Crippen LogP contribution in [0.4, 0.5) is 0 Å². The van der Waals surface area contributed by atoms with Crippen molar-refractivity contribution in [2.24, 2.45) is 5.92 Å². The predicted molar refractivity (Wildman–Crippen MR) is 78.4 cm³/mol. The molecule has 1 N–H and O–H groups in total. The lowest BCUT2D eigenvalue weighted by molar-refractivity contribution is -0.139. The van der Waals surface area contributed by atoms with E-state index in [-0.39, 0.29) is 18.2 Å². The molecule has 0 spiro atoms. The van der Waals surface area contributed by atoms with Gasteiger partial charge in [-0.25, -0.2) is 4.98 Å².